The maximum Gasteiger partial charge on any atom is 0.261 e. The van der Waals surface area contributed by atoms with Crippen LogP contribution < -0.4 is 5.32 Å². The molecule has 27 heavy (non-hydrogen) atoms. The minimum Gasteiger partial charge on any atom is -0.506 e. The van der Waals surface area contributed by atoms with Crippen LogP contribution in [0.2, 0.25) is 5.02 Å². The Labute approximate surface area is 174 Å². The molecule has 0 bridgehead atoms. The summed E-state index contributed by atoms with van der Waals surface area (Å²) in [5.74, 6) is -0.508. The van der Waals surface area contributed by atoms with Crippen LogP contribution in [0, 0.1) is 14.9 Å². The van der Waals surface area contributed by atoms with Gasteiger partial charge in [0, 0.05) is 34.2 Å². The molecule has 0 aliphatic rings. The number of benzene rings is 2. The maximum absolute atomic E-state index is 12.3. The molecule has 1 amide bonds. The Balaban J connectivity index is 1.70. The second-order valence-corrected chi connectivity index (χ2v) is 7.46. The van der Waals surface area contributed by atoms with E-state index in [0.29, 0.717) is 27.1 Å². The zero-order chi connectivity index (χ0) is 19.4. The molecule has 0 saturated heterocycles. The number of phenols is 1. The summed E-state index contributed by atoms with van der Waals surface area (Å²) in [7, 11) is 0. The van der Waals surface area contributed by atoms with E-state index in [9.17, 15) is 15.2 Å². The lowest BCUT2D eigenvalue weighted by atomic mass is 10.1. The largest absolute Gasteiger partial charge is 0.506 e. The summed E-state index contributed by atoms with van der Waals surface area (Å²) in [5, 5.41) is 23.7. The van der Waals surface area contributed by atoms with Crippen molar-refractivity contribution in [3.05, 3.63) is 67.9 Å². The van der Waals surface area contributed by atoms with Crippen molar-refractivity contribution >= 4 is 57.1 Å². The summed E-state index contributed by atoms with van der Waals surface area (Å²) in [5.41, 5.74) is 2.37. The van der Waals surface area contributed by atoms with Crippen molar-refractivity contribution in [2.75, 3.05) is 6.54 Å². The lowest BCUT2D eigenvalue weighted by molar-refractivity contribution is -0.117. The van der Waals surface area contributed by atoms with Crippen LogP contribution in [-0.2, 0) is 11.2 Å². The number of aromatic nitrogens is 1. The molecule has 0 unspecified atom stereocenters. The number of hydrogen-bond acceptors (Lipinski definition) is 3. The molecule has 3 rings (SSSR count). The molecule has 3 N–H and O–H groups in total. The maximum atomic E-state index is 12.3. The van der Waals surface area contributed by atoms with Gasteiger partial charge < -0.3 is 15.4 Å². The van der Waals surface area contributed by atoms with E-state index in [4.69, 9.17) is 11.6 Å². The van der Waals surface area contributed by atoms with Gasteiger partial charge >= 0.3 is 0 Å². The highest BCUT2D eigenvalue weighted by molar-refractivity contribution is 14.1. The Morgan fingerprint density at radius 1 is 1.37 bits per heavy atom. The van der Waals surface area contributed by atoms with Crippen molar-refractivity contribution < 1.29 is 9.90 Å². The zero-order valence-corrected chi connectivity index (χ0v) is 17.0. The number of para-hydroxylation sites is 1. The minimum absolute atomic E-state index is 0.0145. The summed E-state index contributed by atoms with van der Waals surface area (Å²) in [6.07, 6.45) is 3.89. The van der Waals surface area contributed by atoms with Gasteiger partial charge in [0.15, 0.2) is 0 Å². The van der Waals surface area contributed by atoms with Crippen molar-refractivity contribution in [2.45, 2.75) is 6.42 Å². The van der Waals surface area contributed by atoms with E-state index in [-0.39, 0.29) is 11.3 Å². The molecule has 136 valence electrons. The van der Waals surface area contributed by atoms with E-state index in [1.54, 1.807) is 6.07 Å². The Hall–Kier alpha value is -2.50. The van der Waals surface area contributed by atoms with Gasteiger partial charge in [0.25, 0.3) is 5.91 Å². The van der Waals surface area contributed by atoms with E-state index in [0.717, 1.165) is 16.5 Å². The predicted octanol–water partition coefficient (Wildman–Crippen LogP) is 4.40. The molecule has 1 heterocycles. The number of nitrogens with zero attached hydrogens (tertiary/aromatic N) is 1. The van der Waals surface area contributed by atoms with Gasteiger partial charge in [-0.15, -0.1) is 0 Å². The highest BCUT2D eigenvalue weighted by Gasteiger charge is 2.12. The van der Waals surface area contributed by atoms with Gasteiger partial charge in [-0.2, -0.15) is 5.26 Å². The molecule has 0 fully saturated rings. The first kappa shape index (κ1) is 19.3. The average molecular weight is 492 g/mol. The van der Waals surface area contributed by atoms with Crippen molar-refractivity contribution in [2.24, 2.45) is 0 Å². The van der Waals surface area contributed by atoms with Gasteiger partial charge in [0.2, 0.25) is 0 Å². The number of phenolic OH excluding ortho intramolecular Hbond substituents is 1. The van der Waals surface area contributed by atoms with Crippen LogP contribution in [0.25, 0.3) is 17.0 Å². The molecule has 0 aliphatic carbocycles. The molecule has 7 heteroatoms. The predicted molar refractivity (Wildman–Crippen MR) is 114 cm³/mol. The molecule has 0 atom stereocenters. The standard InChI is InChI=1S/C20H15ClIN3O2/c21-15-8-13(19(26)17(22)9-15)7-14(10-23)20(27)24-6-5-12-11-25-18-4-2-1-3-16(12)18/h1-4,7-9,11,25-26H,5-6H2,(H,24,27)/b14-7-. The number of fused-ring (bicyclic) bond motifs is 1. The first-order chi connectivity index (χ1) is 13.0. The molecule has 2 aromatic carbocycles. The third-order valence-corrected chi connectivity index (χ3v) is 5.12. The fourth-order valence-corrected chi connectivity index (χ4v) is 3.80. The third kappa shape index (κ3) is 4.43. The number of hydrogen-bond donors (Lipinski definition) is 3. The minimum atomic E-state index is -0.494. The second-order valence-electron chi connectivity index (χ2n) is 5.86. The molecule has 0 radical (unpaired) electrons. The van der Waals surface area contributed by atoms with Crippen LogP contribution in [0.4, 0.5) is 0 Å². The van der Waals surface area contributed by atoms with Crippen molar-refractivity contribution in [1.82, 2.24) is 10.3 Å². The summed E-state index contributed by atoms with van der Waals surface area (Å²) in [6, 6.07) is 12.9. The van der Waals surface area contributed by atoms with E-state index < -0.39 is 5.91 Å². The van der Waals surface area contributed by atoms with Crippen LogP contribution in [0.5, 0.6) is 5.75 Å². The van der Waals surface area contributed by atoms with Crippen LogP contribution in [-0.4, -0.2) is 22.5 Å². The number of amides is 1. The Morgan fingerprint density at radius 3 is 2.93 bits per heavy atom. The SMILES string of the molecule is N#C/C(=C/c1cc(Cl)cc(I)c1O)C(=O)NCCc1c[nH]c2ccccc12. The number of rotatable bonds is 5. The number of H-pyrrole nitrogens is 1. The summed E-state index contributed by atoms with van der Waals surface area (Å²) < 4.78 is 0.545. The Morgan fingerprint density at radius 2 is 2.15 bits per heavy atom. The van der Waals surface area contributed by atoms with Crippen molar-refractivity contribution in [3.63, 3.8) is 0 Å². The molecular formula is C20H15ClIN3O2. The fourth-order valence-electron chi connectivity index (χ4n) is 2.74. The van der Waals surface area contributed by atoms with Gasteiger partial charge in [-0.05, 0) is 58.9 Å². The lowest BCUT2D eigenvalue weighted by Crippen LogP contribution is -2.26. The molecule has 3 aromatic rings. The first-order valence-corrected chi connectivity index (χ1v) is 9.58. The fraction of sp³-hybridized carbons (Fsp3) is 0.100. The molecule has 0 aliphatic heterocycles. The van der Waals surface area contributed by atoms with Gasteiger partial charge in [-0.25, -0.2) is 0 Å². The molecule has 0 spiro atoms. The molecular weight excluding hydrogens is 477 g/mol. The van der Waals surface area contributed by atoms with Gasteiger partial charge in [-0.3, -0.25) is 4.79 Å². The normalized spacial score (nSPS) is 11.4. The quantitative estimate of drug-likeness (QED) is 0.281. The van der Waals surface area contributed by atoms with Crippen LogP contribution >= 0.6 is 34.2 Å². The third-order valence-electron chi connectivity index (χ3n) is 4.08. The number of aromatic amines is 1. The van der Waals surface area contributed by atoms with Crippen molar-refractivity contribution in [3.8, 4) is 11.8 Å². The highest BCUT2D eigenvalue weighted by Crippen LogP contribution is 2.30. The number of nitrogens with one attached hydrogen (secondary N) is 2. The van der Waals surface area contributed by atoms with Gasteiger partial charge in [-0.1, -0.05) is 29.8 Å². The summed E-state index contributed by atoms with van der Waals surface area (Å²) >= 11 is 7.92. The van der Waals surface area contributed by atoms with Gasteiger partial charge in [0.1, 0.15) is 17.4 Å². The smallest absolute Gasteiger partial charge is 0.261 e. The molecule has 0 saturated carbocycles. The van der Waals surface area contributed by atoms with E-state index in [1.165, 1.54) is 12.1 Å². The average Bonchev–Trinajstić information content (AvgIpc) is 3.06. The summed E-state index contributed by atoms with van der Waals surface area (Å²) in [6.45, 7) is 0.388. The monoisotopic (exact) mass is 491 g/mol. The van der Waals surface area contributed by atoms with Crippen LogP contribution in [0.3, 0.4) is 0 Å². The Bertz CT molecular complexity index is 1080. The molecule has 1 aromatic heterocycles. The van der Waals surface area contributed by atoms with Crippen LogP contribution in [0.15, 0.2) is 48.2 Å². The Kier molecular flexibility index (Phi) is 6.04. The van der Waals surface area contributed by atoms with Crippen LogP contribution in [0.1, 0.15) is 11.1 Å². The summed E-state index contributed by atoms with van der Waals surface area (Å²) in [4.78, 5) is 15.5. The number of halogens is 2. The highest BCUT2D eigenvalue weighted by atomic mass is 127. The molecule has 5 nitrogen and oxygen atoms in total. The first-order valence-electron chi connectivity index (χ1n) is 8.12. The van der Waals surface area contributed by atoms with E-state index >= 15 is 0 Å². The topological polar surface area (TPSA) is 88.9 Å². The number of aromatic hydroxyl groups is 1. The van der Waals surface area contributed by atoms with Gasteiger partial charge in [0.05, 0.1) is 3.57 Å². The van der Waals surface area contributed by atoms with E-state index in [2.05, 4.69) is 10.3 Å². The second kappa shape index (κ2) is 8.46. The number of carbonyl (C=O) groups excluding carboxylic acids is 1. The van der Waals surface area contributed by atoms with Crippen molar-refractivity contribution in [1.29, 1.82) is 5.26 Å². The zero-order valence-electron chi connectivity index (χ0n) is 14.1. The number of carbonyl (C=O) groups is 1. The number of nitriles is 1. The lowest BCUT2D eigenvalue weighted by Gasteiger charge is -2.06. The van der Waals surface area contributed by atoms with E-state index in [1.807, 2.05) is 59.1 Å².